The van der Waals surface area contributed by atoms with Crippen LogP contribution in [0.4, 0.5) is 5.69 Å². The van der Waals surface area contributed by atoms with Gasteiger partial charge >= 0.3 is 0 Å². The molecule has 0 saturated carbocycles. The molecule has 5 nitrogen and oxygen atoms in total. The number of aromatic nitrogens is 3. The normalized spacial score (nSPS) is 11.6. The molecular formula is C62H37N5. The van der Waals surface area contributed by atoms with Gasteiger partial charge in [-0.05, 0) is 101 Å². The van der Waals surface area contributed by atoms with Gasteiger partial charge in [0.25, 0.3) is 0 Å². The quantitative estimate of drug-likeness (QED) is 0.154. The smallest absolute Gasteiger partial charge is 0.196 e. The molecule has 0 fully saturated rings. The molecule has 0 amide bonds. The summed E-state index contributed by atoms with van der Waals surface area (Å²) in [5.41, 5.74) is 16.2. The lowest BCUT2D eigenvalue weighted by atomic mass is 9.87. The summed E-state index contributed by atoms with van der Waals surface area (Å²) < 4.78 is 7.20. The Kier molecular flexibility index (Phi) is 8.58. The molecule has 0 spiro atoms. The average molecular weight is 852 g/mol. The Bertz CT molecular complexity index is 3920. The van der Waals surface area contributed by atoms with Crippen molar-refractivity contribution in [3.63, 3.8) is 0 Å². The lowest BCUT2D eigenvalue weighted by molar-refractivity contribution is 1.16. The fourth-order valence-corrected chi connectivity index (χ4v) is 10.6. The predicted molar refractivity (Wildman–Crippen MR) is 277 cm³/mol. The predicted octanol–water partition coefficient (Wildman–Crippen LogP) is 16.4. The number of benzene rings is 10. The van der Waals surface area contributed by atoms with Gasteiger partial charge in [-0.15, -0.1) is 0 Å². The number of hydrogen-bond acceptors (Lipinski definition) is 1. The summed E-state index contributed by atoms with van der Waals surface area (Å²) >= 11 is 0. The van der Waals surface area contributed by atoms with Gasteiger partial charge in [0.1, 0.15) is 0 Å². The first kappa shape index (κ1) is 38.1. The van der Waals surface area contributed by atoms with Crippen LogP contribution in [0, 0.1) is 17.9 Å². The van der Waals surface area contributed by atoms with Gasteiger partial charge in [0.2, 0.25) is 0 Å². The maximum absolute atomic E-state index is 10.5. The minimum atomic E-state index is 0.440. The zero-order valence-corrected chi connectivity index (χ0v) is 36.1. The van der Waals surface area contributed by atoms with Crippen LogP contribution < -0.4 is 0 Å². The standard InChI is InChI=1S/C62H37N5/c1-64-54-26-16-21-42(39-63)62(54)53-37-50(41-19-6-3-7-20-41)61(38-49(53)40-17-4-2-5-18-40)67-59-33-31-43(65-55-27-12-8-22-45(55)46-23-9-13-28-56(46)65)35-51(59)52-36-44(32-34-60(52)67)66-57-29-14-10-24-47(57)48-25-11-15-30-58(48)66/h2-38H. The highest BCUT2D eigenvalue weighted by molar-refractivity contribution is 6.14. The van der Waals surface area contributed by atoms with Crippen molar-refractivity contribution in [2.75, 3.05) is 0 Å². The number of fused-ring (bicyclic) bond motifs is 9. The van der Waals surface area contributed by atoms with Gasteiger partial charge in [0.15, 0.2) is 5.69 Å². The first-order valence-electron chi connectivity index (χ1n) is 22.4. The summed E-state index contributed by atoms with van der Waals surface area (Å²) in [6, 6.07) is 81.6. The first-order chi connectivity index (χ1) is 33.2. The maximum atomic E-state index is 10.5. The topological polar surface area (TPSA) is 42.9 Å². The number of nitrogens with zero attached hydrogens (tertiary/aromatic N) is 5. The molecular weight excluding hydrogens is 815 g/mol. The van der Waals surface area contributed by atoms with Crippen LogP contribution in [0.3, 0.4) is 0 Å². The van der Waals surface area contributed by atoms with Crippen LogP contribution in [0.15, 0.2) is 224 Å². The van der Waals surface area contributed by atoms with Crippen LogP contribution in [-0.4, -0.2) is 13.7 Å². The summed E-state index contributed by atoms with van der Waals surface area (Å²) in [6.45, 7) is 8.26. The molecule has 0 unspecified atom stereocenters. The lowest BCUT2D eigenvalue weighted by Gasteiger charge is -2.21. The Morgan fingerprint density at radius 3 is 1.25 bits per heavy atom. The highest BCUT2D eigenvalue weighted by atomic mass is 15.0. The van der Waals surface area contributed by atoms with Crippen molar-refractivity contribution >= 4 is 71.1 Å². The highest BCUT2D eigenvalue weighted by Gasteiger charge is 2.24. The second kappa shape index (κ2) is 15.1. The van der Waals surface area contributed by atoms with Crippen molar-refractivity contribution < 1.29 is 0 Å². The molecule has 3 aromatic heterocycles. The lowest BCUT2D eigenvalue weighted by Crippen LogP contribution is -2.01. The van der Waals surface area contributed by atoms with Crippen molar-refractivity contribution in [3.05, 3.63) is 241 Å². The van der Waals surface area contributed by atoms with E-state index in [0.717, 1.165) is 88.8 Å². The second-order valence-electron chi connectivity index (χ2n) is 17.0. The van der Waals surface area contributed by atoms with E-state index in [0.29, 0.717) is 16.8 Å². The van der Waals surface area contributed by atoms with Gasteiger partial charge < -0.3 is 13.7 Å². The van der Waals surface area contributed by atoms with E-state index in [9.17, 15) is 5.26 Å². The Hall–Kier alpha value is -9.42. The van der Waals surface area contributed by atoms with Crippen LogP contribution >= 0.6 is 0 Å². The largest absolute Gasteiger partial charge is 0.309 e. The van der Waals surface area contributed by atoms with Gasteiger partial charge in [-0.25, -0.2) is 4.85 Å². The average Bonchev–Trinajstić information content (AvgIpc) is 4.04. The molecule has 5 heteroatoms. The van der Waals surface area contributed by atoms with E-state index in [2.05, 4.69) is 207 Å². The Balaban J connectivity index is 1.17. The molecule has 310 valence electrons. The van der Waals surface area contributed by atoms with Crippen LogP contribution in [0.25, 0.3) is 121 Å². The van der Waals surface area contributed by atoms with Crippen molar-refractivity contribution in [3.8, 4) is 56.5 Å². The highest BCUT2D eigenvalue weighted by Crippen LogP contribution is 2.47. The molecule has 0 bridgehead atoms. The maximum Gasteiger partial charge on any atom is 0.196 e. The van der Waals surface area contributed by atoms with Crippen LogP contribution in [0.2, 0.25) is 0 Å². The van der Waals surface area contributed by atoms with Crippen molar-refractivity contribution in [1.29, 1.82) is 5.26 Å². The zero-order valence-electron chi connectivity index (χ0n) is 36.1. The third-order valence-electron chi connectivity index (χ3n) is 13.5. The molecule has 67 heavy (non-hydrogen) atoms. The van der Waals surface area contributed by atoms with Gasteiger partial charge in [0, 0.05) is 60.4 Å². The summed E-state index contributed by atoms with van der Waals surface area (Å²) in [4.78, 5) is 3.97. The Morgan fingerprint density at radius 2 is 0.791 bits per heavy atom. The summed E-state index contributed by atoms with van der Waals surface area (Å²) in [5.74, 6) is 0. The second-order valence-corrected chi connectivity index (χ2v) is 17.0. The Labute approximate surface area is 386 Å². The van der Waals surface area contributed by atoms with E-state index in [1.807, 2.05) is 36.4 Å². The summed E-state index contributed by atoms with van der Waals surface area (Å²) in [5, 5.41) is 17.6. The molecule has 0 saturated heterocycles. The van der Waals surface area contributed by atoms with Crippen LogP contribution in [0.5, 0.6) is 0 Å². The van der Waals surface area contributed by atoms with Gasteiger partial charge in [-0.1, -0.05) is 146 Å². The summed E-state index contributed by atoms with van der Waals surface area (Å²) in [7, 11) is 0. The van der Waals surface area contributed by atoms with Crippen molar-refractivity contribution in [2.45, 2.75) is 0 Å². The zero-order chi connectivity index (χ0) is 44.6. The van der Waals surface area contributed by atoms with Gasteiger partial charge in [0.05, 0.1) is 51.4 Å². The van der Waals surface area contributed by atoms with Crippen LogP contribution in [0.1, 0.15) is 5.56 Å². The molecule has 13 rings (SSSR count). The Morgan fingerprint density at radius 1 is 0.358 bits per heavy atom. The number of para-hydroxylation sites is 4. The van der Waals surface area contributed by atoms with E-state index in [-0.39, 0.29) is 0 Å². The molecule has 0 aliphatic carbocycles. The molecule has 0 atom stereocenters. The van der Waals surface area contributed by atoms with E-state index < -0.39 is 0 Å². The number of nitriles is 1. The molecule has 0 aliphatic heterocycles. The minimum Gasteiger partial charge on any atom is -0.309 e. The molecule has 13 aromatic rings. The molecule has 0 radical (unpaired) electrons. The molecule has 0 N–H and O–H groups in total. The first-order valence-corrected chi connectivity index (χ1v) is 22.4. The van der Waals surface area contributed by atoms with Crippen molar-refractivity contribution in [1.82, 2.24) is 13.7 Å². The summed E-state index contributed by atoms with van der Waals surface area (Å²) in [6.07, 6.45) is 0. The molecule has 3 heterocycles. The fourth-order valence-electron chi connectivity index (χ4n) is 10.6. The van der Waals surface area contributed by atoms with Crippen LogP contribution in [-0.2, 0) is 0 Å². The SMILES string of the molecule is [C-]#[N+]c1cccc(C#N)c1-c1cc(-c2ccccc2)c(-n2c3ccc(-n4c5ccccc5c5ccccc54)cc3c3cc(-n4c5ccccc5c5ccccc54)ccc32)cc1-c1ccccc1. The van der Waals surface area contributed by atoms with E-state index in [1.165, 1.54) is 21.5 Å². The molecule has 0 aliphatic rings. The molecule has 10 aromatic carbocycles. The third-order valence-corrected chi connectivity index (χ3v) is 13.5. The third kappa shape index (κ3) is 5.79. The number of hydrogen-bond donors (Lipinski definition) is 0. The minimum absolute atomic E-state index is 0.440. The fraction of sp³-hybridized carbons (Fsp3) is 0. The van der Waals surface area contributed by atoms with E-state index in [4.69, 9.17) is 6.57 Å². The number of rotatable bonds is 6. The van der Waals surface area contributed by atoms with Gasteiger partial charge in [-0.2, -0.15) is 5.26 Å². The monoisotopic (exact) mass is 851 g/mol. The van der Waals surface area contributed by atoms with E-state index >= 15 is 0 Å². The van der Waals surface area contributed by atoms with Gasteiger partial charge in [-0.3, -0.25) is 0 Å². The van der Waals surface area contributed by atoms with Crippen molar-refractivity contribution in [2.24, 2.45) is 0 Å². The van der Waals surface area contributed by atoms with E-state index in [1.54, 1.807) is 6.07 Å².